The molecule has 8 nitrogen and oxygen atoms in total. The lowest BCUT2D eigenvalue weighted by Gasteiger charge is -2.27. The van der Waals surface area contributed by atoms with Crippen molar-refractivity contribution in [1.29, 1.82) is 5.26 Å². The van der Waals surface area contributed by atoms with Crippen molar-refractivity contribution >= 4 is 5.97 Å². The number of rotatable bonds is 14. The number of nitriles is 1. The van der Waals surface area contributed by atoms with E-state index in [1.165, 1.54) is 0 Å². The van der Waals surface area contributed by atoms with Crippen molar-refractivity contribution in [2.75, 3.05) is 41.0 Å². The molecule has 0 aromatic heterocycles. The summed E-state index contributed by atoms with van der Waals surface area (Å²) in [6.45, 7) is 2.80. The molecule has 0 radical (unpaired) electrons. The zero-order valence-corrected chi connectivity index (χ0v) is 21.0. The third kappa shape index (κ3) is 6.95. The topological polar surface area (TPSA) is 112 Å². The summed E-state index contributed by atoms with van der Waals surface area (Å²) < 4.78 is 15.9. The first-order chi connectivity index (χ1) is 16.9. The molecule has 0 spiro atoms. The highest BCUT2D eigenvalue weighted by Gasteiger charge is 2.42. The Kier molecular flexibility index (Phi) is 11.0. The molecule has 1 atom stereocenters. The van der Waals surface area contributed by atoms with Gasteiger partial charge in [-0.05, 0) is 74.2 Å². The Labute approximate surface area is 207 Å². The van der Waals surface area contributed by atoms with E-state index in [0.717, 1.165) is 18.5 Å². The normalized spacial score (nSPS) is 12.6. The van der Waals surface area contributed by atoms with Gasteiger partial charge in [0.05, 0.1) is 40.1 Å². The molecule has 2 N–H and O–H groups in total. The molecule has 0 fully saturated rings. The van der Waals surface area contributed by atoms with Gasteiger partial charge in [-0.3, -0.25) is 0 Å². The predicted octanol–water partition coefficient (Wildman–Crippen LogP) is 2.97. The van der Waals surface area contributed by atoms with Crippen LogP contribution in [0.2, 0.25) is 0 Å². The van der Waals surface area contributed by atoms with E-state index in [4.69, 9.17) is 14.2 Å². The monoisotopic (exact) mass is 484 g/mol. The van der Waals surface area contributed by atoms with Crippen LogP contribution in [-0.4, -0.2) is 62.0 Å². The van der Waals surface area contributed by atoms with Gasteiger partial charge in [0.1, 0.15) is 0 Å². The lowest BCUT2D eigenvalue weighted by atomic mass is 9.77. The van der Waals surface area contributed by atoms with Gasteiger partial charge in [-0.1, -0.05) is 24.3 Å². The van der Waals surface area contributed by atoms with Crippen LogP contribution in [-0.2, 0) is 34.6 Å². The summed E-state index contributed by atoms with van der Waals surface area (Å²) in [7, 11) is 5.22. The van der Waals surface area contributed by atoms with Crippen LogP contribution in [0.1, 0.15) is 42.0 Å². The second-order valence-corrected chi connectivity index (χ2v) is 8.38. The first-order valence-electron chi connectivity index (χ1n) is 11.7. The third-order valence-corrected chi connectivity index (χ3v) is 6.18. The van der Waals surface area contributed by atoms with E-state index in [-0.39, 0.29) is 26.2 Å². The maximum Gasteiger partial charge on any atom is 0.331 e. The van der Waals surface area contributed by atoms with Crippen LogP contribution in [0.5, 0.6) is 11.5 Å². The van der Waals surface area contributed by atoms with Gasteiger partial charge < -0.3 is 29.3 Å². The molecular weight excluding hydrogens is 448 g/mol. The van der Waals surface area contributed by atoms with E-state index in [1.807, 2.05) is 25.2 Å². The summed E-state index contributed by atoms with van der Waals surface area (Å²) in [4.78, 5) is 15.1. The fourth-order valence-corrected chi connectivity index (χ4v) is 4.06. The van der Waals surface area contributed by atoms with Crippen LogP contribution in [0.25, 0.3) is 0 Å². The molecule has 190 valence electrons. The first kappa shape index (κ1) is 28.1. The van der Waals surface area contributed by atoms with Gasteiger partial charge in [0, 0.05) is 6.54 Å². The number of nitrogens with zero attached hydrogens (tertiary/aromatic N) is 2. The number of ether oxygens (including phenoxy) is 3. The van der Waals surface area contributed by atoms with Gasteiger partial charge in [0.2, 0.25) is 0 Å². The highest BCUT2D eigenvalue weighted by Crippen LogP contribution is 2.33. The molecule has 0 saturated heterocycles. The Bertz CT molecular complexity index is 1020. The molecule has 0 aliphatic heterocycles. The summed E-state index contributed by atoms with van der Waals surface area (Å²) in [5.74, 6) is 0.777. The molecule has 2 rings (SSSR count). The van der Waals surface area contributed by atoms with E-state index >= 15 is 0 Å². The fourth-order valence-electron chi connectivity index (χ4n) is 4.06. The van der Waals surface area contributed by atoms with Crippen molar-refractivity contribution in [3.05, 3.63) is 58.7 Å². The molecule has 0 saturated carbocycles. The minimum absolute atomic E-state index is 0.162. The lowest BCUT2D eigenvalue weighted by Crippen LogP contribution is -2.37. The van der Waals surface area contributed by atoms with Crippen LogP contribution in [0.3, 0.4) is 0 Å². The van der Waals surface area contributed by atoms with Gasteiger partial charge in [0.25, 0.3) is 0 Å². The molecule has 35 heavy (non-hydrogen) atoms. The van der Waals surface area contributed by atoms with Gasteiger partial charge in [-0.25, -0.2) is 4.79 Å². The summed E-state index contributed by atoms with van der Waals surface area (Å²) in [6, 6.07) is 13.0. The van der Waals surface area contributed by atoms with Crippen molar-refractivity contribution in [1.82, 2.24) is 4.90 Å². The van der Waals surface area contributed by atoms with E-state index in [1.54, 1.807) is 39.3 Å². The van der Waals surface area contributed by atoms with Crippen LogP contribution in [0, 0.1) is 11.3 Å². The van der Waals surface area contributed by atoms with Crippen molar-refractivity contribution in [2.45, 2.75) is 44.8 Å². The smallest absolute Gasteiger partial charge is 0.331 e. The second-order valence-electron chi connectivity index (χ2n) is 8.38. The molecule has 0 aliphatic rings. The van der Waals surface area contributed by atoms with Crippen LogP contribution >= 0.6 is 0 Å². The molecule has 0 heterocycles. The molecular formula is C27H36N2O6. The quantitative estimate of drug-likeness (QED) is 0.394. The Morgan fingerprint density at radius 1 is 1.03 bits per heavy atom. The number of carbonyl (C=O) groups is 1. The molecule has 0 amide bonds. The number of likely N-dealkylation sites (N-methyl/N-ethyl adjacent to an activating group) is 1. The fraction of sp³-hybridized carbons (Fsp3) is 0.481. The number of hydrogen-bond acceptors (Lipinski definition) is 8. The zero-order valence-electron chi connectivity index (χ0n) is 21.0. The minimum atomic E-state index is -1.49. The SMILES string of the molecule is CCOC(=O)C(C#N)(CCCN(C)CCc1ccc(OC)c(OC)c1)c1ccc(CO)c(CO)c1. The summed E-state index contributed by atoms with van der Waals surface area (Å²) in [6.07, 6.45) is 1.66. The third-order valence-electron chi connectivity index (χ3n) is 6.18. The van der Waals surface area contributed by atoms with E-state index in [0.29, 0.717) is 41.2 Å². The van der Waals surface area contributed by atoms with Crippen molar-refractivity contribution in [2.24, 2.45) is 0 Å². The van der Waals surface area contributed by atoms with Gasteiger partial charge in [-0.2, -0.15) is 5.26 Å². The minimum Gasteiger partial charge on any atom is -0.493 e. The first-order valence-corrected chi connectivity index (χ1v) is 11.7. The number of hydrogen-bond donors (Lipinski definition) is 2. The zero-order chi connectivity index (χ0) is 25.8. The second kappa shape index (κ2) is 13.7. The standard InChI is InChI=1S/C27H36N2O6/c1-5-35-26(32)27(19-28,23-9-8-21(17-30)22(16-23)18-31)12-6-13-29(2)14-11-20-7-10-24(33-3)25(15-20)34-4/h7-10,15-16,30-31H,5-6,11-14,17-18H2,1-4H3. The van der Waals surface area contributed by atoms with E-state index < -0.39 is 11.4 Å². The predicted molar refractivity (Wildman–Crippen MR) is 132 cm³/mol. The maximum atomic E-state index is 13.0. The van der Waals surface area contributed by atoms with E-state index in [9.17, 15) is 20.3 Å². The maximum absolute atomic E-state index is 13.0. The Hall–Kier alpha value is -3.12. The Balaban J connectivity index is 2.10. The van der Waals surface area contributed by atoms with Gasteiger partial charge >= 0.3 is 5.97 Å². The highest BCUT2D eigenvalue weighted by molar-refractivity contribution is 5.87. The van der Waals surface area contributed by atoms with E-state index in [2.05, 4.69) is 11.0 Å². The summed E-state index contributed by atoms with van der Waals surface area (Å²) in [5.41, 5.74) is 1.14. The van der Waals surface area contributed by atoms with Crippen molar-refractivity contribution < 1.29 is 29.2 Å². The van der Waals surface area contributed by atoms with Crippen molar-refractivity contribution in [3.8, 4) is 17.6 Å². The van der Waals surface area contributed by atoms with Crippen molar-refractivity contribution in [3.63, 3.8) is 0 Å². The molecule has 8 heteroatoms. The summed E-state index contributed by atoms with van der Waals surface area (Å²) in [5, 5.41) is 29.3. The average molecular weight is 485 g/mol. The van der Waals surface area contributed by atoms with Gasteiger partial charge in [0.15, 0.2) is 16.9 Å². The average Bonchev–Trinajstić information content (AvgIpc) is 2.89. The largest absolute Gasteiger partial charge is 0.493 e. The number of benzene rings is 2. The Morgan fingerprint density at radius 3 is 2.34 bits per heavy atom. The van der Waals surface area contributed by atoms with Crippen LogP contribution in [0.15, 0.2) is 36.4 Å². The van der Waals surface area contributed by atoms with Crippen LogP contribution in [0.4, 0.5) is 0 Å². The molecule has 1 unspecified atom stereocenters. The molecule has 2 aromatic carbocycles. The number of aliphatic hydroxyl groups excluding tert-OH is 2. The van der Waals surface area contributed by atoms with Crippen LogP contribution < -0.4 is 9.47 Å². The molecule has 2 aromatic rings. The number of methoxy groups -OCH3 is 2. The van der Waals surface area contributed by atoms with Gasteiger partial charge in [-0.15, -0.1) is 0 Å². The number of esters is 1. The number of carbonyl (C=O) groups excluding carboxylic acids is 1. The lowest BCUT2D eigenvalue weighted by molar-refractivity contribution is -0.148. The Morgan fingerprint density at radius 2 is 1.74 bits per heavy atom. The summed E-state index contributed by atoms with van der Waals surface area (Å²) >= 11 is 0. The number of aliphatic hydroxyl groups is 2. The molecule has 0 aliphatic carbocycles. The molecule has 0 bridgehead atoms. The highest BCUT2D eigenvalue weighted by atomic mass is 16.5.